The first kappa shape index (κ1) is 20.0. The molecular formula is C17H26ClN3O3S. The molecule has 6 nitrogen and oxygen atoms in total. The van der Waals surface area contributed by atoms with Crippen LogP contribution in [0.25, 0.3) is 0 Å². The van der Waals surface area contributed by atoms with Gasteiger partial charge in [0.15, 0.2) is 0 Å². The molecule has 0 aromatic heterocycles. The average molecular weight is 388 g/mol. The molecule has 0 spiro atoms. The van der Waals surface area contributed by atoms with Crippen molar-refractivity contribution in [2.75, 3.05) is 23.7 Å². The monoisotopic (exact) mass is 387 g/mol. The number of fused-ring (bicyclic) bond motifs is 1. The molecule has 3 rings (SSSR count). The molecule has 1 aromatic rings. The van der Waals surface area contributed by atoms with Gasteiger partial charge in [-0.05, 0) is 49.4 Å². The third-order valence-electron chi connectivity index (χ3n) is 5.15. The van der Waals surface area contributed by atoms with Crippen LogP contribution in [0.3, 0.4) is 0 Å². The molecule has 0 saturated heterocycles. The lowest BCUT2D eigenvalue weighted by molar-refractivity contribution is 0.0903. The third kappa shape index (κ3) is 4.10. The van der Waals surface area contributed by atoms with E-state index in [2.05, 4.69) is 5.32 Å². The van der Waals surface area contributed by atoms with Crippen LogP contribution in [0.5, 0.6) is 0 Å². The Hall–Kier alpha value is -1.31. The van der Waals surface area contributed by atoms with Gasteiger partial charge < -0.3 is 11.1 Å². The van der Waals surface area contributed by atoms with Crippen LogP contribution >= 0.6 is 12.4 Å². The Morgan fingerprint density at radius 2 is 1.96 bits per heavy atom. The second-order valence-electron chi connectivity index (χ2n) is 6.93. The molecule has 1 aliphatic heterocycles. The normalized spacial score (nSPS) is 19.0. The Labute approximate surface area is 155 Å². The molecule has 2 aliphatic rings. The van der Waals surface area contributed by atoms with Crippen molar-refractivity contribution in [1.82, 2.24) is 5.32 Å². The molecule has 1 saturated carbocycles. The predicted octanol–water partition coefficient (Wildman–Crippen LogP) is 1.82. The van der Waals surface area contributed by atoms with Gasteiger partial charge in [-0.25, -0.2) is 8.42 Å². The maximum Gasteiger partial charge on any atom is 0.251 e. The van der Waals surface area contributed by atoms with Crippen LogP contribution in [0.4, 0.5) is 5.69 Å². The molecule has 3 N–H and O–H groups in total. The van der Waals surface area contributed by atoms with Gasteiger partial charge in [0.05, 0.1) is 17.5 Å². The van der Waals surface area contributed by atoms with E-state index in [9.17, 15) is 13.2 Å². The summed E-state index contributed by atoms with van der Waals surface area (Å²) in [5, 5.41) is 3.11. The summed E-state index contributed by atoms with van der Waals surface area (Å²) in [6, 6.07) is 5.27. The third-order valence-corrected chi connectivity index (χ3v) is 6.33. The Morgan fingerprint density at radius 3 is 2.56 bits per heavy atom. The van der Waals surface area contributed by atoms with Crippen molar-refractivity contribution in [3.63, 3.8) is 0 Å². The number of carbonyl (C=O) groups is 1. The topological polar surface area (TPSA) is 92.5 Å². The summed E-state index contributed by atoms with van der Waals surface area (Å²) in [5.74, 6) is -0.123. The quantitative estimate of drug-likeness (QED) is 0.824. The predicted molar refractivity (Wildman–Crippen MR) is 102 cm³/mol. The molecule has 0 bridgehead atoms. The minimum Gasteiger partial charge on any atom is -0.345 e. The van der Waals surface area contributed by atoms with Crippen molar-refractivity contribution < 1.29 is 13.2 Å². The SMILES string of the molecule is CS(=O)(=O)N1CCCc2cc(C(=O)NC3(CN)CCCC3)ccc21.Cl. The van der Waals surface area contributed by atoms with Crippen LogP contribution in [-0.4, -0.2) is 39.2 Å². The van der Waals surface area contributed by atoms with E-state index in [1.165, 1.54) is 10.6 Å². The number of amides is 1. The molecule has 140 valence electrons. The van der Waals surface area contributed by atoms with E-state index in [1.54, 1.807) is 12.1 Å². The Kier molecular flexibility index (Phi) is 6.01. The number of nitrogens with zero attached hydrogens (tertiary/aromatic N) is 1. The minimum atomic E-state index is -3.29. The maximum absolute atomic E-state index is 12.6. The van der Waals surface area contributed by atoms with Crippen LogP contribution in [0.15, 0.2) is 18.2 Å². The van der Waals surface area contributed by atoms with Crippen molar-refractivity contribution in [3.8, 4) is 0 Å². The highest BCUT2D eigenvalue weighted by atomic mass is 35.5. The largest absolute Gasteiger partial charge is 0.345 e. The summed E-state index contributed by atoms with van der Waals surface area (Å²) in [5.41, 5.74) is 7.77. The first-order valence-corrected chi connectivity index (χ1v) is 10.3. The Bertz CT molecular complexity index is 746. The fourth-order valence-corrected chi connectivity index (χ4v) is 4.79. The molecule has 1 heterocycles. The van der Waals surface area contributed by atoms with Gasteiger partial charge >= 0.3 is 0 Å². The highest BCUT2D eigenvalue weighted by Crippen LogP contribution is 2.31. The van der Waals surface area contributed by atoms with E-state index in [0.717, 1.165) is 44.1 Å². The van der Waals surface area contributed by atoms with E-state index >= 15 is 0 Å². The molecule has 1 aromatic carbocycles. The zero-order valence-electron chi connectivity index (χ0n) is 14.5. The number of hydrogen-bond acceptors (Lipinski definition) is 4. The summed E-state index contributed by atoms with van der Waals surface area (Å²) in [6.07, 6.45) is 6.77. The fraction of sp³-hybridized carbons (Fsp3) is 0.588. The standard InChI is InChI=1S/C17H25N3O3S.ClH/c1-24(22,23)20-10-4-5-13-11-14(6-7-15(13)20)16(21)19-17(12-18)8-2-3-9-17;/h6-7,11H,2-5,8-10,12,18H2,1H3,(H,19,21);1H. The smallest absolute Gasteiger partial charge is 0.251 e. The van der Waals surface area contributed by atoms with Gasteiger partial charge in [-0.3, -0.25) is 9.10 Å². The molecular weight excluding hydrogens is 362 g/mol. The highest BCUT2D eigenvalue weighted by Gasteiger charge is 2.34. The van der Waals surface area contributed by atoms with Gasteiger partial charge in [0.2, 0.25) is 10.0 Å². The molecule has 25 heavy (non-hydrogen) atoms. The van der Waals surface area contributed by atoms with Crippen molar-refractivity contribution in [2.24, 2.45) is 5.73 Å². The maximum atomic E-state index is 12.6. The van der Waals surface area contributed by atoms with E-state index < -0.39 is 10.0 Å². The lowest BCUT2D eigenvalue weighted by Crippen LogP contribution is -2.51. The van der Waals surface area contributed by atoms with Gasteiger partial charge in [-0.2, -0.15) is 0 Å². The van der Waals surface area contributed by atoms with Gasteiger partial charge in [0, 0.05) is 18.7 Å². The fourth-order valence-electron chi connectivity index (χ4n) is 3.79. The number of nitrogens with two attached hydrogens (primary N) is 1. The summed E-state index contributed by atoms with van der Waals surface area (Å²) in [7, 11) is -3.29. The number of hydrogen-bond donors (Lipinski definition) is 2. The van der Waals surface area contributed by atoms with Gasteiger partial charge in [-0.1, -0.05) is 12.8 Å². The van der Waals surface area contributed by atoms with Crippen molar-refractivity contribution in [3.05, 3.63) is 29.3 Å². The van der Waals surface area contributed by atoms with Crippen LogP contribution in [0.2, 0.25) is 0 Å². The number of benzene rings is 1. The van der Waals surface area contributed by atoms with Crippen molar-refractivity contribution in [2.45, 2.75) is 44.1 Å². The van der Waals surface area contributed by atoms with Crippen LogP contribution < -0.4 is 15.4 Å². The minimum absolute atomic E-state index is 0. The lowest BCUT2D eigenvalue weighted by atomic mass is 9.96. The number of anilines is 1. The number of aryl methyl sites for hydroxylation is 1. The van der Waals surface area contributed by atoms with Gasteiger partial charge in [0.25, 0.3) is 5.91 Å². The summed E-state index contributed by atoms with van der Waals surface area (Å²) < 4.78 is 25.2. The molecule has 0 unspecified atom stereocenters. The molecule has 1 aliphatic carbocycles. The molecule has 0 atom stereocenters. The number of carbonyl (C=O) groups excluding carboxylic acids is 1. The first-order valence-electron chi connectivity index (χ1n) is 8.48. The van der Waals surface area contributed by atoms with Gasteiger partial charge in [0.1, 0.15) is 0 Å². The summed E-state index contributed by atoms with van der Waals surface area (Å²) >= 11 is 0. The highest BCUT2D eigenvalue weighted by molar-refractivity contribution is 7.92. The van der Waals surface area contributed by atoms with E-state index in [0.29, 0.717) is 24.3 Å². The molecule has 8 heteroatoms. The lowest BCUT2D eigenvalue weighted by Gasteiger charge is -2.31. The second-order valence-corrected chi connectivity index (χ2v) is 8.83. The van der Waals surface area contributed by atoms with E-state index in [1.807, 2.05) is 6.07 Å². The molecule has 0 radical (unpaired) electrons. The second kappa shape index (κ2) is 7.51. The Balaban J connectivity index is 0.00000225. The number of rotatable bonds is 4. The van der Waals surface area contributed by atoms with E-state index in [4.69, 9.17) is 5.73 Å². The summed E-state index contributed by atoms with van der Waals surface area (Å²) in [6.45, 7) is 0.944. The molecule has 1 fully saturated rings. The van der Waals surface area contributed by atoms with Gasteiger partial charge in [-0.15, -0.1) is 12.4 Å². The van der Waals surface area contributed by atoms with Crippen LogP contribution in [0.1, 0.15) is 48.0 Å². The van der Waals surface area contributed by atoms with Crippen LogP contribution in [0, 0.1) is 0 Å². The molecule has 1 amide bonds. The number of halogens is 1. The number of sulfonamides is 1. The first-order chi connectivity index (χ1) is 11.3. The summed E-state index contributed by atoms with van der Waals surface area (Å²) in [4.78, 5) is 12.6. The zero-order valence-corrected chi connectivity index (χ0v) is 16.1. The van der Waals surface area contributed by atoms with Crippen molar-refractivity contribution >= 4 is 34.0 Å². The average Bonchev–Trinajstić information content (AvgIpc) is 3.02. The van der Waals surface area contributed by atoms with Crippen LogP contribution in [-0.2, 0) is 16.4 Å². The van der Waals surface area contributed by atoms with Crippen molar-refractivity contribution in [1.29, 1.82) is 0 Å². The Morgan fingerprint density at radius 1 is 1.28 bits per heavy atom. The zero-order chi connectivity index (χ0) is 17.4. The number of nitrogens with one attached hydrogen (secondary N) is 1. The van der Waals surface area contributed by atoms with E-state index in [-0.39, 0.29) is 23.9 Å².